The summed E-state index contributed by atoms with van der Waals surface area (Å²) in [5.41, 5.74) is 5.87. The molecule has 1 heterocycles. The highest BCUT2D eigenvalue weighted by Gasteiger charge is 2.14. The maximum absolute atomic E-state index is 11.7. The normalized spacial score (nSPS) is 12.1. The quantitative estimate of drug-likeness (QED) is 0.673. The van der Waals surface area contributed by atoms with Crippen molar-refractivity contribution in [2.45, 2.75) is 4.90 Å². The van der Waals surface area contributed by atoms with E-state index in [1.54, 1.807) is 0 Å². The van der Waals surface area contributed by atoms with Crippen LogP contribution in [0.5, 0.6) is 0 Å². The number of hydrogen-bond donors (Lipinski definition) is 3. The number of sulfonamides is 1. The van der Waals surface area contributed by atoms with Crippen molar-refractivity contribution in [3.8, 4) is 0 Å². The van der Waals surface area contributed by atoms with Crippen LogP contribution in [0, 0.1) is 0 Å². The Bertz CT molecular complexity index is 686. The van der Waals surface area contributed by atoms with E-state index in [4.69, 9.17) is 10.2 Å². The predicted molar refractivity (Wildman–Crippen MR) is 61.1 cm³/mol. The van der Waals surface area contributed by atoms with Crippen molar-refractivity contribution in [1.82, 2.24) is 9.71 Å². The van der Waals surface area contributed by atoms with Crippen molar-refractivity contribution in [3.05, 3.63) is 28.7 Å². The number of benzene rings is 1. The number of nitrogens with one attached hydrogen (secondary N) is 2. The van der Waals surface area contributed by atoms with E-state index in [0.29, 0.717) is 5.52 Å². The summed E-state index contributed by atoms with van der Waals surface area (Å²) in [7, 11) is -3.61. The largest absolute Gasteiger partial charge is 0.417 e. The Hall–Kier alpha value is -1.64. The van der Waals surface area contributed by atoms with Gasteiger partial charge in [-0.1, -0.05) is 0 Å². The molecule has 0 aliphatic rings. The second-order valence-electron chi connectivity index (χ2n) is 3.36. The number of aromatic nitrogens is 1. The third-order valence-corrected chi connectivity index (χ3v) is 3.60. The number of rotatable bonds is 4. The molecule has 0 saturated carbocycles. The Morgan fingerprint density at radius 1 is 1.41 bits per heavy atom. The van der Waals surface area contributed by atoms with E-state index in [2.05, 4.69) is 9.71 Å². The first-order valence-corrected chi connectivity index (χ1v) is 6.34. The maximum atomic E-state index is 11.7. The summed E-state index contributed by atoms with van der Waals surface area (Å²) in [5.74, 6) is -0.621. The average molecular weight is 257 g/mol. The summed E-state index contributed by atoms with van der Waals surface area (Å²) in [6, 6.07) is 4.13. The van der Waals surface area contributed by atoms with Crippen molar-refractivity contribution in [2.24, 2.45) is 5.73 Å². The van der Waals surface area contributed by atoms with E-state index in [1.807, 2.05) is 0 Å². The lowest BCUT2D eigenvalue weighted by atomic mass is 10.3. The minimum Gasteiger partial charge on any atom is -0.408 e. The number of oxazole rings is 1. The summed E-state index contributed by atoms with van der Waals surface area (Å²) >= 11 is 0. The molecular formula is C9H11N3O4S. The fourth-order valence-electron chi connectivity index (χ4n) is 1.37. The minimum absolute atomic E-state index is 0.0289. The van der Waals surface area contributed by atoms with Crippen LogP contribution in [0.4, 0.5) is 0 Å². The molecule has 8 heteroatoms. The number of hydrogen-bond acceptors (Lipinski definition) is 5. The van der Waals surface area contributed by atoms with Crippen LogP contribution in [0.15, 0.2) is 32.3 Å². The molecule has 4 N–H and O–H groups in total. The molecule has 0 aliphatic heterocycles. The highest BCUT2D eigenvalue weighted by atomic mass is 32.2. The van der Waals surface area contributed by atoms with E-state index >= 15 is 0 Å². The SMILES string of the molecule is NCCNS(=O)(=O)c1ccc2[nH]c(=O)oc2c1. The Labute approximate surface area is 96.7 Å². The molecule has 0 unspecified atom stereocenters. The number of aromatic amines is 1. The summed E-state index contributed by atoms with van der Waals surface area (Å²) in [5, 5.41) is 0. The van der Waals surface area contributed by atoms with Gasteiger partial charge in [0.25, 0.3) is 0 Å². The molecule has 17 heavy (non-hydrogen) atoms. The van der Waals surface area contributed by atoms with Gasteiger partial charge in [0.05, 0.1) is 10.4 Å². The van der Waals surface area contributed by atoms with Gasteiger partial charge in [-0.3, -0.25) is 4.98 Å². The maximum Gasteiger partial charge on any atom is 0.417 e. The molecule has 0 amide bonds. The van der Waals surface area contributed by atoms with Gasteiger partial charge in [0.2, 0.25) is 10.0 Å². The molecule has 0 fully saturated rings. The first-order valence-electron chi connectivity index (χ1n) is 4.85. The third kappa shape index (κ3) is 2.38. The van der Waals surface area contributed by atoms with Crippen molar-refractivity contribution in [3.63, 3.8) is 0 Å². The Morgan fingerprint density at radius 3 is 2.88 bits per heavy atom. The van der Waals surface area contributed by atoms with Crippen LogP contribution in [0.25, 0.3) is 11.1 Å². The molecule has 0 bridgehead atoms. The third-order valence-electron chi connectivity index (χ3n) is 2.14. The van der Waals surface area contributed by atoms with Crippen molar-refractivity contribution in [2.75, 3.05) is 13.1 Å². The highest BCUT2D eigenvalue weighted by Crippen LogP contribution is 2.16. The van der Waals surface area contributed by atoms with E-state index in [1.165, 1.54) is 18.2 Å². The Morgan fingerprint density at radius 2 is 2.18 bits per heavy atom. The minimum atomic E-state index is -3.61. The zero-order chi connectivity index (χ0) is 12.5. The van der Waals surface area contributed by atoms with Gasteiger partial charge < -0.3 is 10.2 Å². The smallest absolute Gasteiger partial charge is 0.408 e. The summed E-state index contributed by atoms with van der Waals surface area (Å²) in [4.78, 5) is 13.4. The van der Waals surface area contributed by atoms with E-state index in [9.17, 15) is 13.2 Å². The molecule has 92 valence electrons. The molecule has 2 rings (SSSR count). The lowest BCUT2D eigenvalue weighted by Gasteiger charge is -2.04. The Balaban J connectivity index is 2.45. The fraction of sp³-hybridized carbons (Fsp3) is 0.222. The molecular weight excluding hydrogens is 246 g/mol. The van der Waals surface area contributed by atoms with Crippen LogP contribution in [0.2, 0.25) is 0 Å². The van der Waals surface area contributed by atoms with Gasteiger partial charge in [-0.25, -0.2) is 17.9 Å². The van der Waals surface area contributed by atoms with Crippen LogP contribution in [0.3, 0.4) is 0 Å². The number of nitrogens with two attached hydrogens (primary N) is 1. The molecule has 7 nitrogen and oxygen atoms in total. The molecule has 0 spiro atoms. The van der Waals surface area contributed by atoms with Crippen LogP contribution in [-0.2, 0) is 10.0 Å². The van der Waals surface area contributed by atoms with E-state index in [-0.39, 0.29) is 23.6 Å². The fourth-order valence-corrected chi connectivity index (χ4v) is 2.43. The molecule has 0 aliphatic carbocycles. The van der Waals surface area contributed by atoms with Crippen LogP contribution < -0.4 is 16.2 Å². The summed E-state index contributed by atoms with van der Waals surface area (Å²) in [6.45, 7) is 0.359. The lowest BCUT2D eigenvalue weighted by molar-refractivity contribution is 0.553. The van der Waals surface area contributed by atoms with Gasteiger partial charge in [0.15, 0.2) is 5.58 Å². The monoisotopic (exact) mass is 257 g/mol. The van der Waals surface area contributed by atoms with Crippen molar-refractivity contribution in [1.29, 1.82) is 0 Å². The second kappa shape index (κ2) is 4.32. The molecule has 2 aromatic rings. The summed E-state index contributed by atoms with van der Waals surface area (Å²) in [6.07, 6.45) is 0. The van der Waals surface area contributed by atoms with Gasteiger partial charge in [-0.15, -0.1) is 0 Å². The van der Waals surface area contributed by atoms with Gasteiger partial charge in [0.1, 0.15) is 0 Å². The van der Waals surface area contributed by atoms with Gasteiger partial charge in [-0.2, -0.15) is 0 Å². The highest BCUT2D eigenvalue weighted by molar-refractivity contribution is 7.89. The molecule has 0 atom stereocenters. The zero-order valence-corrected chi connectivity index (χ0v) is 9.58. The average Bonchev–Trinajstić information content (AvgIpc) is 2.65. The molecule has 1 aromatic carbocycles. The Kier molecular flexibility index (Phi) is 3.01. The first-order chi connectivity index (χ1) is 8.03. The van der Waals surface area contributed by atoms with Gasteiger partial charge in [0, 0.05) is 19.2 Å². The number of H-pyrrole nitrogens is 1. The van der Waals surface area contributed by atoms with Gasteiger partial charge >= 0.3 is 5.76 Å². The van der Waals surface area contributed by atoms with Crippen LogP contribution >= 0.6 is 0 Å². The standard InChI is InChI=1S/C9H11N3O4S/c10-3-4-11-17(14,15)6-1-2-7-8(5-6)16-9(13)12-7/h1-2,5,11H,3-4,10H2,(H,12,13). The van der Waals surface area contributed by atoms with Gasteiger partial charge in [-0.05, 0) is 12.1 Å². The molecule has 0 radical (unpaired) electrons. The van der Waals surface area contributed by atoms with Crippen LogP contribution in [0.1, 0.15) is 0 Å². The first kappa shape index (κ1) is 11.8. The topological polar surface area (TPSA) is 118 Å². The zero-order valence-electron chi connectivity index (χ0n) is 8.76. The van der Waals surface area contributed by atoms with Crippen molar-refractivity contribution < 1.29 is 12.8 Å². The lowest BCUT2D eigenvalue weighted by Crippen LogP contribution is -2.29. The molecule has 1 aromatic heterocycles. The second-order valence-corrected chi connectivity index (χ2v) is 5.13. The number of fused-ring (bicyclic) bond motifs is 1. The van der Waals surface area contributed by atoms with E-state index in [0.717, 1.165) is 0 Å². The van der Waals surface area contributed by atoms with Crippen molar-refractivity contribution >= 4 is 21.1 Å². The predicted octanol–water partition coefficient (Wildman–Crippen LogP) is -0.642. The summed E-state index contributed by atoms with van der Waals surface area (Å²) < 4.78 is 30.6. The molecule has 0 saturated heterocycles. The van der Waals surface area contributed by atoms with E-state index < -0.39 is 15.8 Å². The van der Waals surface area contributed by atoms with Crippen LogP contribution in [-0.4, -0.2) is 26.5 Å².